The molecule has 1 fully saturated rings. The summed E-state index contributed by atoms with van der Waals surface area (Å²) in [7, 11) is 0. The predicted molar refractivity (Wildman–Crippen MR) is 82.3 cm³/mol. The van der Waals surface area contributed by atoms with Crippen LogP contribution in [-0.2, 0) is 4.79 Å². The number of carbonyl (C=O) groups is 1. The molecule has 1 aromatic rings. The Kier molecular flexibility index (Phi) is 6.61. The molecule has 1 saturated heterocycles. The monoisotopic (exact) mass is 316 g/mol. The van der Waals surface area contributed by atoms with Crippen LogP contribution < -0.4 is 5.73 Å². The number of aryl methyl sites for hydroxylation is 1. The van der Waals surface area contributed by atoms with Crippen molar-refractivity contribution in [2.75, 3.05) is 13.1 Å². The fraction of sp³-hybridized carbons (Fsp3) is 0.786. The summed E-state index contributed by atoms with van der Waals surface area (Å²) in [5.74, 6) is 1.66. The maximum Gasteiger partial charge on any atom is 0.239 e. The molecule has 0 saturated carbocycles. The Hall–Kier alpha value is -1.14. The van der Waals surface area contributed by atoms with Gasteiger partial charge < -0.3 is 15.2 Å². The molecule has 1 aliphatic heterocycles. The van der Waals surface area contributed by atoms with Crippen LogP contribution in [0.3, 0.4) is 0 Å². The van der Waals surface area contributed by atoms with E-state index in [0.717, 1.165) is 25.8 Å². The topological polar surface area (TPSA) is 85.3 Å². The lowest BCUT2D eigenvalue weighted by atomic mass is 9.94. The second kappa shape index (κ2) is 7.75. The zero-order valence-electron chi connectivity index (χ0n) is 12.9. The average Bonchev–Trinajstić information content (AvgIpc) is 2.91. The lowest BCUT2D eigenvalue weighted by Gasteiger charge is -2.34. The predicted octanol–water partition coefficient (Wildman–Crippen LogP) is 1.88. The third kappa shape index (κ3) is 4.17. The normalized spacial score (nSPS) is 21.5. The van der Waals surface area contributed by atoms with Gasteiger partial charge in [-0.1, -0.05) is 25.4 Å². The van der Waals surface area contributed by atoms with Gasteiger partial charge in [0.05, 0.1) is 12.0 Å². The van der Waals surface area contributed by atoms with E-state index in [9.17, 15) is 4.79 Å². The Morgan fingerprint density at radius 1 is 1.57 bits per heavy atom. The lowest BCUT2D eigenvalue weighted by molar-refractivity contribution is -0.135. The Morgan fingerprint density at radius 3 is 2.86 bits per heavy atom. The molecule has 1 aliphatic rings. The smallest absolute Gasteiger partial charge is 0.239 e. The van der Waals surface area contributed by atoms with Gasteiger partial charge in [-0.05, 0) is 25.7 Å². The number of carbonyl (C=O) groups excluding carboxylic acids is 1. The molecule has 120 valence electrons. The fourth-order valence-electron chi connectivity index (χ4n) is 2.57. The number of amides is 1. The highest BCUT2D eigenvalue weighted by Crippen LogP contribution is 2.26. The second-order valence-electron chi connectivity index (χ2n) is 5.71. The summed E-state index contributed by atoms with van der Waals surface area (Å²) in [5, 5.41) is 3.82. The number of hydrogen-bond donors (Lipinski definition) is 1. The number of nitrogens with zero attached hydrogens (tertiary/aromatic N) is 3. The zero-order valence-corrected chi connectivity index (χ0v) is 13.7. The number of rotatable bonds is 4. The fourth-order valence-corrected chi connectivity index (χ4v) is 2.57. The molecule has 3 unspecified atom stereocenters. The summed E-state index contributed by atoms with van der Waals surface area (Å²) in [5.41, 5.74) is 6.05. The van der Waals surface area contributed by atoms with E-state index in [-0.39, 0.29) is 30.2 Å². The van der Waals surface area contributed by atoms with E-state index in [1.54, 1.807) is 6.92 Å². The summed E-state index contributed by atoms with van der Waals surface area (Å²) < 4.78 is 5.23. The van der Waals surface area contributed by atoms with Gasteiger partial charge in [0.1, 0.15) is 0 Å². The highest BCUT2D eigenvalue weighted by Gasteiger charge is 2.31. The molecule has 1 aromatic heterocycles. The first-order valence-corrected chi connectivity index (χ1v) is 7.37. The van der Waals surface area contributed by atoms with Crippen molar-refractivity contribution in [3.63, 3.8) is 0 Å². The summed E-state index contributed by atoms with van der Waals surface area (Å²) >= 11 is 0. The first kappa shape index (κ1) is 17.9. The molecule has 0 bridgehead atoms. The molecule has 3 atom stereocenters. The minimum Gasteiger partial charge on any atom is -0.341 e. The number of halogens is 1. The number of nitrogens with two attached hydrogens (primary N) is 1. The van der Waals surface area contributed by atoms with Crippen molar-refractivity contribution in [3.8, 4) is 0 Å². The molecule has 2 rings (SSSR count). The van der Waals surface area contributed by atoms with Gasteiger partial charge in [-0.15, -0.1) is 12.4 Å². The molecule has 0 aliphatic carbocycles. The molecule has 21 heavy (non-hydrogen) atoms. The highest BCUT2D eigenvalue weighted by atomic mass is 35.5. The SMILES string of the molecule is CCC(C)C(N)C(=O)N1CCCC(c2nc(C)no2)C1.Cl. The minimum absolute atomic E-state index is 0. The minimum atomic E-state index is -0.414. The van der Waals surface area contributed by atoms with E-state index in [1.165, 1.54) is 0 Å². The highest BCUT2D eigenvalue weighted by molar-refractivity contribution is 5.85. The van der Waals surface area contributed by atoms with Gasteiger partial charge in [-0.25, -0.2) is 0 Å². The van der Waals surface area contributed by atoms with E-state index in [2.05, 4.69) is 17.1 Å². The van der Waals surface area contributed by atoms with Crippen LogP contribution in [0.2, 0.25) is 0 Å². The third-order valence-electron chi connectivity index (χ3n) is 4.17. The van der Waals surface area contributed by atoms with Gasteiger partial charge >= 0.3 is 0 Å². The summed E-state index contributed by atoms with van der Waals surface area (Å²) in [6.45, 7) is 7.28. The Balaban J connectivity index is 0.00000220. The molecular formula is C14H25ClN4O2. The molecule has 2 N–H and O–H groups in total. The van der Waals surface area contributed by atoms with Crippen LogP contribution in [-0.4, -0.2) is 40.1 Å². The van der Waals surface area contributed by atoms with Crippen LogP contribution >= 0.6 is 12.4 Å². The largest absolute Gasteiger partial charge is 0.341 e. The van der Waals surface area contributed by atoms with Crippen molar-refractivity contribution in [3.05, 3.63) is 11.7 Å². The molecule has 2 heterocycles. The van der Waals surface area contributed by atoms with Gasteiger partial charge in [-0.3, -0.25) is 4.79 Å². The summed E-state index contributed by atoms with van der Waals surface area (Å²) in [6.07, 6.45) is 2.84. The number of likely N-dealkylation sites (tertiary alicyclic amines) is 1. The summed E-state index contributed by atoms with van der Waals surface area (Å²) in [6, 6.07) is -0.414. The van der Waals surface area contributed by atoms with Crippen LogP contribution in [0.4, 0.5) is 0 Å². The van der Waals surface area contributed by atoms with Gasteiger partial charge in [0, 0.05) is 13.1 Å². The zero-order chi connectivity index (χ0) is 14.7. The first-order valence-electron chi connectivity index (χ1n) is 7.37. The number of piperidine rings is 1. The molecule has 0 radical (unpaired) electrons. The standard InChI is InChI=1S/C14H24N4O2.ClH/c1-4-9(2)12(15)14(19)18-7-5-6-11(8-18)13-16-10(3)17-20-13;/h9,11-12H,4-8,15H2,1-3H3;1H. The second-order valence-corrected chi connectivity index (χ2v) is 5.71. The van der Waals surface area contributed by atoms with Gasteiger partial charge in [0.2, 0.25) is 11.8 Å². The maximum atomic E-state index is 12.4. The van der Waals surface area contributed by atoms with E-state index < -0.39 is 6.04 Å². The maximum absolute atomic E-state index is 12.4. The molecule has 6 nitrogen and oxygen atoms in total. The van der Waals surface area contributed by atoms with Crippen LogP contribution in [0.1, 0.15) is 50.7 Å². The summed E-state index contributed by atoms with van der Waals surface area (Å²) in [4.78, 5) is 18.5. The van der Waals surface area contributed by atoms with Gasteiger partial charge in [0.25, 0.3) is 0 Å². The molecule has 0 spiro atoms. The van der Waals surface area contributed by atoms with Crippen molar-refractivity contribution < 1.29 is 9.32 Å². The van der Waals surface area contributed by atoms with Crippen molar-refractivity contribution in [2.24, 2.45) is 11.7 Å². The average molecular weight is 317 g/mol. The Bertz CT molecular complexity index is 466. The van der Waals surface area contributed by atoms with E-state index in [1.807, 2.05) is 11.8 Å². The Morgan fingerprint density at radius 2 is 2.29 bits per heavy atom. The van der Waals surface area contributed by atoms with Crippen molar-refractivity contribution in [1.82, 2.24) is 15.0 Å². The van der Waals surface area contributed by atoms with Crippen LogP contribution in [0, 0.1) is 12.8 Å². The molecule has 0 aromatic carbocycles. The van der Waals surface area contributed by atoms with Crippen LogP contribution in [0.5, 0.6) is 0 Å². The van der Waals surface area contributed by atoms with Crippen molar-refractivity contribution in [1.29, 1.82) is 0 Å². The quantitative estimate of drug-likeness (QED) is 0.916. The number of aromatic nitrogens is 2. The van der Waals surface area contributed by atoms with E-state index in [0.29, 0.717) is 18.3 Å². The van der Waals surface area contributed by atoms with Crippen LogP contribution in [0.15, 0.2) is 4.52 Å². The van der Waals surface area contributed by atoms with Crippen molar-refractivity contribution >= 4 is 18.3 Å². The lowest BCUT2D eigenvalue weighted by Crippen LogP contribution is -2.50. The molecular weight excluding hydrogens is 292 g/mol. The Labute approximate surface area is 131 Å². The number of hydrogen-bond acceptors (Lipinski definition) is 5. The van der Waals surface area contributed by atoms with E-state index >= 15 is 0 Å². The van der Waals surface area contributed by atoms with Gasteiger partial charge in [-0.2, -0.15) is 4.98 Å². The van der Waals surface area contributed by atoms with E-state index in [4.69, 9.17) is 10.3 Å². The van der Waals surface area contributed by atoms with Crippen LogP contribution in [0.25, 0.3) is 0 Å². The molecule has 1 amide bonds. The first-order chi connectivity index (χ1) is 9.52. The van der Waals surface area contributed by atoms with Gasteiger partial charge in [0.15, 0.2) is 5.82 Å². The molecule has 7 heteroatoms. The van der Waals surface area contributed by atoms with Crippen molar-refractivity contribution in [2.45, 2.75) is 52.0 Å². The third-order valence-corrected chi connectivity index (χ3v) is 4.17.